The summed E-state index contributed by atoms with van der Waals surface area (Å²) in [5.41, 5.74) is 0.612. The van der Waals surface area contributed by atoms with E-state index < -0.39 is 11.8 Å². The van der Waals surface area contributed by atoms with Crippen molar-refractivity contribution in [2.45, 2.75) is 32.9 Å². The topological polar surface area (TPSA) is 43.8 Å². The number of hydrogen-bond donors (Lipinski definition) is 1. The number of carboxylic acid groups (broad SMARTS) is 1. The first-order valence-electron chi connectivity index (χ1n) is 7.53. The Kier molecular flexibility index (Phi) is 5.31. The molecule has 0 spiro atoms. The van der Waals surface area contributed by atoms with Crippen molar-refractivity contribution in [3.8, 4) is 0 Å². The van der Waals surface area contributed by atoms with Gasteiger partial charge in [0, 0.05) is 25.7 Å². The highest BCUT2D eigenvalue weighted by atomic mass is 19.1. The molecular formula is C16H23FN2O2. The van der Waals surface area contributed by atoms with E-state index in [1.807, 2.05) is 0 Å². The minimum atomic E-state index is -1.21. The molecule has 0 aromatic heterocycles. The second-order valence-corrected chi connectivity index (χ2v) is 5.52. The molecule has 1 aliphatic heterocycles. The smallest absolute Gasteiger partial charge is 0.338 e. The van der Waals surface area contributed by atoms with Gasteiger partial charge < -0.3 is 5.11 Å². The third kappa shape index (κ3) is 3.80. The minimum absolute atomic E-state index is 0.244. The van der Waals surface area contributed by atoms with Crippen molar-refractivity contribution in [2.75, 3.05) is 26.2 Å². The number of halogens is 1. The van der Waals surface area contributed by atoms with Crippen molar-refractivity contribution in [2.24, 2.45) is 0 Å². The fourth-order valence-corrected chi connectivity index (χ4v) is 3.09. The normalized spacial score (nSPS) is 19.3. The van der Waals surface area contributed by atoms with Gasteiger partial charge in [0.15, 0.2) is 0 Å². The van der Waals surface area contributed by atoms with Gasteiger partial charge in [0.05, 0.1) is 5.56 Å². The van der Waals surface area contributed by atoms with Gasteiger partial charge in [-0.1, -0.05) is 19.9 Å². The highest BCUT2D eigenvalue weighted by Crippen LogP contribution is 2.19. The number of likely N-dealkylation sites (tertiary alicyclic amines) is 1. The number of likely N-dealkylation sites (N-methyl/N-ethyl adjacent to an activating group) is 1. The summed E-state index contributed by atoms with van der Waals surface area (Å²) in [7, 11) is 0. The molecule has 21 heavy (non-hydrogen) atoms. The summed E-state index contributed by atoms with van der Waals surface area (Å²) < 4.78 is 13.4. The molecule has 116 valence electrons. The summed E-state index contributed by atoms with van der Waals surface area (Å²) in [6.07, 6.45) is 1.13. The average molecular weight is 294 g/mol. The van der Waals surface area contributed by atoms with Crippen molar-refractivity contribution in [3.05, 3.63) is 35.1 Å². The van der Waals surface area contributed by atoms with Crippen LogP contribution in [0.5, 0.6) is 0 Å². The van der Waals surface area contributed by atoms with Crippen LogP contribution in [0.4, 0.5) is 4.39 Å². The van der Waals surface area contributed by atoms with Gasteiger partial charge in [0.1, 0.15) is 5.82 Å². The fourth-order valence-electron chi connectivity index (χ4n) is 3.09. The lowest BCUT2D eigenvalue weighted by Gasteiger charge is -2.26. The highest BCUT2D eigenvalue weighted by Gasteiger charge is 2.26. The van der Waals surface area contributed by atoms with Gasteiger partial charge in [-0.25, -0.2) is 9.18 Å². The van der Waals surface area contributed by atoms with E-state index in [9.17, 15) is 9.18 Å². The fraction of sp³-hybridized carbons (Fsp3) is 0.562. The Hall–Kier alpha value is -1.46. The lowest BCUT2D eigenvalue weighted by Crippen LogP contribution is -2.37. The van der Waals surface area contributed by atoms with Crippen LogP contribution in [0.1, 0.15) is 36.2 Å². The predicted octanol–water partition coefficient (Wildman–Crippen LogP) is 2.44. The zero-order valence-corrected chi connectivity index (χ0v) is 12.7. The van der Waals surface area contributed by atoms with E-state index in [1.54, 1.807) is 6.07 Å². The van der Waals surface area contributed by atoms with Crippen LogP contribution in [-0.2, 0) is 6.54 Å². The quantitative estimate of drug-likeness (QED) is 0.875. The summed E-state index contributed by atoms with van der Waals surface area (Å²) in [6, 6.07) is 4.94. The predicted molar refractivity (Wildman–Crippen MR) is 80.0 cm³/mol. The lowest BCUT2D eigenvalue weighted by molar-refractivity contribution is 0.0691. The third-order valence-corrected chi connectivity index (χ3v) is 4.24. The van der Waals surface area contributed by atoms with Crippen molar-refractivity contribution in [1.29, 1.82) is 0 Å². The van der Waals surface area contributed by atoms with Crippen molar-refractivity contribution < 1.29 is 14.3 Å². The molecule has 1 aliphatic rings. The molecule has 2 rings (SSSR count). The van der Waals surface area contributed by atoms with Crippen LogP contribution in [0, 0.1) is 5.82 Å². The first kappa shape index (κ1) is 15.9. The van der Waals surface area contributed by atoms with E-state index in [0.717, 1.165) is 38.2 Å². The molecule has 1 heterocycles. The summed E-state index contributed by atoms with van der Waals surface area (Å²) in [6.45, 7) is 9.11. The Bertz CT molecular complexity index is 503. The van der Waals surface area contributed by atoms with Crippen molar-refractivity contribution in [3.63, 3.8) is 0 Å². The molecule has 1 atom stereocenters. The molecule has 1 fully saturated rings. The Balaban J connectivity index is 2.00. The third-order valence-electron chi connectivity index (χ3n) is 4.24. The second-order valence-electron chi connectivity index (χ2n) is 5.52. The Morgan fingerprint density at radius 3 is 2.76 bits per heavy atom. The van der Waals surface area contributed by atoms with Gasteiger partial charge in [-0.2, -0.15) is 0 Å². The lowest BCUT2D eigenvalue weighted by atomic mass is 10.1. The van der Waals surface area contributed by atoms with Crippen molar-refractivity contribution >= 4 is 5.97 Å². The highest BCUT2D eigenvalue weighted by molar-refractivity contribution is 5.88. The number of hydrogen-bond acceptors (Lipinski definition) is 3. The summed E-state index contributed by atoms with van der Waals surface area (Å²) in [5, 5.41) is 8.97. The van der Waals surface area contributed by atoms with Crippen molar-refractivity contribution in [1.82, 2.24) is 9.80 Å². The van der Waals surface area contributed by atoms with E-state index in [2.05, 4.69) is 23.6 Å². The van der Waals surface area contributed by atoms with E-state index in [0.29, 0.717) is 12.6 Å². The molecule has 1 aromatic carbocycles. The zero-order valence-electron chi connectivity index (χ0n) is 12.7. The molecule has 0 aliphatic carbocycles. The van der Waals surface area contributed by atoms with Gasteiger partial charge >= 0.3 is 5.97 Å². The van der Waals surface area contributed by atoms with Crippen LogP contribution < -0.4 is 0 Å². The largest absolute Gasteiger partial charge is 0.478 e. The van der Waals surface area contributed by atoms with Gasteiger partial charge in [-0.3, -0.25) is 9.80 Å². The Morgan fingerprint density at radius 2 is 2.14 bits per heavy atom. The number of rotatable bonds is 6. The van der Waals surface area contributed by atoms with E-state index >= 15 is 0 Å². The van der Waals surface area contributed by atoms with Crippen LogP contribution in [0.3, 0.4) is 0 Å². The molecule has 0 radical (unpaired) electrons. The molecule has 1 saturated heterocycles. The van der Waals surface area contributed by atoms with Crippen LogP contribution in [0.2, 0.25) is 0 Å². The number of benzene rings is 1. The minimum Gasteiger partial charge on any atom is -0.478 e. The van der Waals surface area contributed by atoms with E-state index in [-0.39, 0.29) is 5.56 Å². The Labute approximate surface area is 125 Å². The van der Waals surface area contributed by atoms with Crippen LogP contribution >= 0.6 is 0 Å². The van der Waals surface area contributed by atoms with Gasteiger partial charge in [0.2, 0.25) is 0 Å². The molecule has 5 heteroatoms. The SMILES string of the molecule is CCN(CC)C1CCN(Cc2ccc(F)c(C(=O)O)c2)C1. The monoisotopic (exact) mass is 294 g/mol. The van der Waals surface area contributed by atoms with Gasteiger partial charge in [-0.15, -0.1) is 0 Å². The van der Waals surface area contributed by atoms with Crippen LogP contribution in [-0.4, -0.2) is 53.1 Å². The summed E-state index contributed by atoms with van der Waals surface area (Å²) >= 11 is 0. The number of carbonyl (C=O) groups is 1. The maximum Gasteiger partial charge on any atom is 0.338 e. The summed E-state index contributed by atoms with van der Waals surface area (Å²) in [5.74, 6) is -1.88. The Morgan fingerprint density at radius 1 is 1.43 bits per heavy atom. The molecular weight excluding hydrogens is 271 g/mol. The van der Waals surface area contributed by atoms with Gasteiger partial charge in [0.25, 0.3) is 0 Å². The molecule has 1 aromatic rings. The standard InChI is InChI=1S/C16H23FN2O2/c1-3-19(4-2)13-7-8-18(11-13)10-12-5-6-15(17)14(9-12)16(20)21/h5-6,9,13H,3-4,7-8,10-11H2,1-2H3,(H,20,21). The van der Waals surface area contributed by atoms with Crippen LogP contribution in [0.25, 0.3) is 0 Å². The molecule has 0 amide bonds. The van der Waals surface area contributed by atoms with Gasteiger partial charge in [-0.05, 0) is 37.2 Å². The average Bonchev–Trinajstić information content (AvgIpc) is 2.90. The summed E-state index contributed by atoms with van der Waals surface area (Å²) in [4.78, 5) is 15.7. The van der Waals surface area contributed by atoms with E-state index in [1.165, 1.54) is 12.1 Å². The zero-order chi connectivity index (χ0) is 15.4. The maximum atomic E-state index is 13.4. The molecule has 0 saturated carbocycles. The number of carboxylic acids is 1. The molecule has 1 N–H and O–H groups in total. The first-order chi connectivity index (χ1) is 10.0. The first-order valence-corrected chi connectivity index (χ1v) is 7.53. The number of aromatic carboxylic acids is 1. The molecule has 1 unspecified atom stereocenters. The molecule has 0 bridgehead atoms. The van der Waals surface area contributed by atoms with E-state index in [4.69, 9.17) is 5.11 Å². The maximum absolute atomic E-state index is 13.4. The number of nitrogens with zero attached hydrogens (tertiary/aromatic N) is 2. The molecule has 4 nitrogen and oxygen atoms in total. The van der Waals surface area contributed by atoms with Crippen LogP contribution in [0.15, 0.2) is 18.2 Å². The second kappa shape index (κ2) is 7.00.